The highest BCUT2D eigenvalue weighted by molar-refractivity contribution is 7.80. The molecule has 31 heteroatoms. The van der Waals surface area contributed by atoms with Crippen LogP contribution >= 0.6 is 12.6 Å². The number of fused-ring (bicyclic) bond motifs is 2. The third-order valence-electron chi connectivity index (χ3n) is 12.4. The molecule has 82 heavy (non-hydrogen) atoms. The number of primary amides is 1. The van der Waals surface area contributed by atoms with Crippen molar-refractivity contribution in [1.82, 2.24) is 42.5 Å². The maximum Gasteiger partial charge on any atom is 0.325 e. The molecule has 0 aromatic heterocycles. The molecule has 30 nitrogen and oxygen atoms in total. The second-order valence-electron chi connectivity index (χ2n) is 18.9. The number of aliphatic carboxylic acids is 1. The molecule has 1 aliphatic carbocycles. The fraction of sp³-hybridized carbons (Fsp3) is 0.490. The minimum atomic E-state index is -1.76. The second kappa shape index (κ2) is 34.3. The van der Waals surface area contributed by atoms with Gasteiger partial charge in [-0.3, -0.25) is 67.5 Å². The van der Waals surface area contributed by atoms with Gasteiger partial charge in [-0.2, -0.15) is 12.6 Å². The van der Waals surface area contributed by atoms with Crippen LogP contribution in [0, 0.1) is 0 Å². The number of rotatable bonds is 36. The van der Waals surface area contributed by atoms with Gasteiger partial charge in [0.1, 0.15) is 42.3 Å². The number of nitrogens with one attached hydrogen (secondary N) is 9. The fourth-order valence-corrected chi connectivity index (χ4v) is 8.32. The molecule has 0 spiro atoms. The molecule has 3 rings (SSSR count). The molecule has 0 heterocycles. The number of hydrogen-bond acceptors (Lipinski definition) is 17. The molecule has 0 aliphatic heterocycles. The Labute approximate surface area is 477 Å². The summed E-state index contributed by atoms with van der Waals surface area (Å²) in [5, 5.41) is 32.1. The number of aliphatic imine (C=N–C) groups is 2. The summed E-state index contributed by atoms with van der Waals surface area (Å²) in [6, 6.07) is 1.35. The number of ketones is 2. The number of carbonyl (C=O) groups is 12. The molecule has 0 unspecified atom stereocenters. The lowest BCUT2D eigenvalue weighted by molar-refractivity contribution is -0.142. The van der Waals surface area contributed by atoms with Crippen molar-refractivity contribution in [3.05, 3.63) is 64.7 Å². The Bertz CT molecular complexity index is 2720. The van der Waals surface area contributed by atoms with E-state index in [-0.39, 0.29) is 118 Å². The van der Waals surface area contributed by atoms with Gasteiger partial charge in [0.05, 0.1) is 12.0 Å². The molecular formula is C51H75N17O13S. The Morgan fingerprint density at radius 3 is 1.55 bits per heavy atom. The van der Waals surface area contributed by atoms with Crippen molar-refractivity contribution >= 4 is 101 Å². The van der Waals surface area contributed by atoms with E-state index in [0.29, 0.717) is 29.7 Å². The van der Waals surface area contributed by atoms with Crippen LogP contribution in [0.1, 0.15) is 110 Å². The van der Waals surface area contributed by atoms with E-state index in [1.54, 1.807) is 42.5 Å². The molecule has 7 atom stereocenters. The van der Waals surface area contributed by atoms with E-state index in [4.69, 9.17) is 34.4 Å². The lowest BCUT2D eigenvalue weighted by Gasteiger charge is -2.27. The van der Waals surface area contributed by atoms with Crippen LogP contribution < -0.4 is 82.3 Å². The van der Waals surface area contributed by atoms with E-state index >= 15 is 0 Å². The first-order valence-corrected chi connectivity index (χ1v) is 26.9. The number of anilines is 1. The Kier molecular flexibility index (Phi) is 28.2. The maximum atomic E-state index is 14.0. The van der Waals surface area contributed by atoms with Gasteiger partial charge in [-0.05, 0) is 71.4 Å². The smallest absolute Gasteiger partial charge is 0.325 e. The molecule has 2 aromatic rings. The number of unbranched alkanes of at least 4 members (excludes halogenated alkanes) is 1. The highest BCUT2D eigenvalue weighted by atomic mass is 32.1. The predicted molar refractivity (Wildman–Crippen MR) is 303 cm³/mol. The van der Waals surface area contributed by atoms with Crippen LogP contribution in [0.2, 0.25) is 0 Å². The lowest BCUT2D eigenvalue weighted by atomic mass is 9.83. The SMILES string of the molecule is C[C@H](NC(=O)[C@H](CCCN=C(N)N)NC(=O)[C@H](CC(N)=O)NC(=O)[C@H](CCCN=C(N)N)NC(=O)[C@H](CS)NC(=O)[C@H](CCCCN)NC(=O)[C@H](C)NC(=O)CCC(=O)NCCNc1cccc2c1C(=O)c1ccccc1C2=O)C(=O)O. The number of thiol groups is 1. The van der Waals surface area contributed by atoms with Crippen molar-refractivity contribution in [2.24, 2.45) is 44.4 Å². The number of hydrogen-bond donors (Lipinski definition) is 17. The molecular weight excluding hydrogens is 1090 g/mol. The number of benzene rings is 2. The third kappa shape index (κ3) is 22.3. The summed E-state index contributed by atoms with van der Waals surface area (Å²) < 4.78 is 0. The third-order valence-corrected chi connectivity index (χ3v) is 12.7. The lowest BCUT2D eigenvalue weighted by Crippen LogP contribution is -2.60. The molecule has 0 bridgehead atoms. The van der Waals surface area contributed by atoms with Crippen molar-refractivity contribution in [2.45, 2.75) is 120 Å². The number of nitrogens with two attached hydrogens (primary N) is 6. The van der Waals surface area contributed by atoms with Crippen LogP contribution in [0.5, 0.6) is 0 Å². The fourth-order valence-electron chi connectivity index (χ4n) is 8.06. The molecule has 2 aromatic carbocycles. The zero-order valence-corrected chi connectivity index (χ0v) is 46.4. The van der Waals surface area contributed by atoms with Gasteiger partial charge < -0.3 is 87.4 Å². The summed E-state index contributed by atoms with van der Waals surface area (Å²) in [4.78, 5) is 165. The van der Waals surface area contributed by atoms with Crippen LogP contribution in [0.25, 0.3) is 0 Å². The number of carbonyl (C=O) groups excluding carboxylic acids is 11. The number of guanidine groups is 2. The quantitative estimate of drug-likeness (QED) is 0.0113. The minimum absolute atomic E-state index is 0.0101. The number of nitrogens with zero attached hydrogens (tertiary/aromatic N) is 2. The highest BCUT2D eigenvalue weighted by Crippen LogP contribution is 2.31. The number of amides is 9. The summed E-state index contributed by atoms with van der Waals surface area (Å²) in [7, 11) is 0. The van der Waals surface area contributed by atoms with E-state index < -0.39 is 108 Å². The predicted octanol–water partition coefficient (Wildman–Crippen LogP) is -4.67. The van der Waals surface area contributed by atoms with Crippen LogP contribution in [0.3, 0.4) is 0 Å². The summed E-state index contributed by atoms with van der Waals surface area (Å²) in [5.74, 6) is -10.8. The average Bonchev–Trinajstić information content (AvgIpc) is 3.04. The Morgan fingerprint density at radius 1 is 0.537 bits per heavy atom. The van der Waals surface area contributed by atoms with Crippen LogP contribution in [-0.4, -0.2) is 168 Å². The molecule has 1 aliphatic rings. The topological polar surface area (TPSA) is 514 Å². The van der Waals surface area contributed by atoms with Crippen molar-refractivity contribution in [2.75, 3.05) is 43.8 Å². The summed E-state index contributed by atoms with van der Waals surface area (Å²) in [6.07, 6.45) is -0.759. The average molecular weight is 1170 g/mol. The largest absolute Gasteiger partial charge is 0.480 e. The standard InChI is InChI=1S/C51H75N17O13S/c1-26(62-39(71)18-17-38(70)59-23-22-58-31-14-7-12-30-40(31)42(73)29-11-4-3-10-28(29)41(30)72)43(74)64-32(13-5-6-19-52)46(77)68-36(25-82)48(79)66-34(16-9-21-61-51(56)57)45(76)67-35(24-37(53)69)47(78)65-33(15-8-20-60-50(54)55)44(75)63-27(2)49(80)81/h3-4,7,10-12,14,26-27,32-36,58,82H,5-6,8-9,13,15-25,52H2,1-2H3,(H2,53,69)(H,59,70)(H,62,71)(H,63,75)(H,64,74)(H,65,78)(H,66,79)(H,67,76)(H,68,77)(H,80,81)(H4,54,55,60)(H4,56,57,61)/t26-,27-,32-,33-,34-,35-,36-/m0/s1. The molecule has 0 radical (unpaired) electrons. The first kappa shape index (κ1) is 67.4. The number of carboxylic acid groups (broad SMARTS) is 1. The van der Waals surface area contributed by atoms with Gasteiger partial charge >= 0.3 is 5.97 Å². The van der Waals surface area contributed by atoms with Gasteiger partial charge in [0, 0.05) is 67.2 Å². The summed E-state index contributed by atoms with van der Waals surface area (Å²) >= 11 is 4.23. The van der Waals surface area contributed by atoms with E-state index in [1.807, 2.05) is 0 Å². The van der Waals surface area contributed by atoms with Crippen molar-refractivity contribution in [3.8, 4) is 0 Å². The van der Waals surface area contributed by atoms with Gasteiger partial charge in [0.25, 0.3) is 0 Å². The van der Waals surface area contributed by atoms with E-state index in [9.17, 15) is 62.6 Å². The monoisotopic (exact) mass is 1170 g/mol. The Morgan fingerprint density at radius 2 is 1.01 bits per heavy atom. The van der Waals surface area contributed by atoms with Crippen LogP contribution in [0.15, 0.2) is 52.4 Å². The molecule has 448 valence electrons. The number of carboxylic acids is 1. The maximum absolute atomic E-state index is 14.0. The van der Waals surface area contributed by atoms with Crippen molar-refractivity contribution in [3.63, 3.8) is 0 Å². The molecule has 9 amide bonds. The van der Waals surface area contributed by atoms with E-state index in [1.165, 1.54) is 13.8 Å². The second-order valence-corrected chi connectivity index (χ2v) is 19.3. The Balaban J connectivity index is 1.64. The minimum Gasteiger partial charge on any atom is -0.480 e. The van der Waals surface area contributed by atoms with Crippen LogP contribution in [0.4, 0.5) is 5.69 Å². The molecule has 0 fully saturated rings. The van der Waals surface area contributed by atoms with Crippen LogP contribution in [-0.2, 0) is 47.9 Å². The first-order valence-electron chi connectivity index (χ1n) is 26.2. The van der Waals surface area contributed by atoms with Crippen molar-refractivity contribution < 1.29 is 62.6 Å². The molecule has 0 saturated heterocycles. The first-order chi connectivity index (χ1) is 38.9. The normalized spacial score (nSPS) is 13.9. The van der Waals surface area contributed by atoms with E-state index in [0.717, 1.165) is 0 Å². The summed E-state index contributed by atoms with van der Waals surface area (Å²) in [6.45, 7) is 3.01. The van der Waals surface area contributed by atoms with E-state index in [2.05, 4.69) is 70.5 Å². The van der Waals surface area contributed by atoms with Gasteiger partial charge in [-0.25, -0.2) is 0 Å². The van der Waals surface area contributed by atoms with Gasteiger partial charge in [-0.1, -0.05) is 36.4 Å². The highest BCUT2D eigenvalue weighted by Gasteiger charge is 2.35. The zero-order valence-electron chi connectivity index (χ0n) is 45.5. The van der Waals surface area contributed by atoms with Gasteiger partial charge in [-0.15, -0.1) is 0 Å². The molecule has 0 saturated carbocycles. The van der Waals surface area contributed by atoms with Crippen molar-refractivity contribution in [1.29, 1.82) is 0 Å². The molecule has 22 N–H and O–H groups in total. The van der Waals surface area contributed by atoms with Gasteiger partial charge in [0.2, 0.25) is 53.2 Å². The van der Waals surface area contributed by atoms with Gasteiger partial charge in [0.15, 0.2) is 23.5 Å². The Hall–Kier alpha value is -8.87. The zero-order chi connectivity index (χ0) is 61.1. The summed E-state index contributed by atoms with van der Waals surface area (Å²) in [5.41, 5.74) is 34.3.